The molecular formula is C12H10BrF3N2O2. The zero-order valence-electron chi connectivity index (χ0n) is 10.3. The van der Waals surface area contributed by atoms with Crippen molar-refractivity contribution in [1.29, 1.82) is 0 Å². The topological polar surface area (TPSA) is 68.1 Å². The Morgan fingerprint density at radius 1 is 1.45 bits per heavy atom. The third-order valence-electron chi connectivity index (χ3n) is 2.69. The summed E-state index contributed by atoms with van der Waals surface area (Å²) in [5.74, 6) is -0.713. The molecule has 0 atom stereocenters. The van der Waals surface area contributed by atoms with E-state index in [1.807, 2.05) is 0 Å². The molecular weight excluding hydrogens is 341 g/mol. The highest BCUT2D eigenvalue weighted by atomic mass is 79.9. The molecule has 1 heterocycles. The number of hydrogen-bond acceptors (Lipinski definition) is 3. The number of nitrogen functional groups attached to an aromatic ring is 1. The number of halogens is 4. The third-order valence-corrected chi connectivity index (χ3v) is 3.31. The molecule has 0 aliphatic rings. The van der Waals surface area contributed by atoms with Gasteiger partial charge < -0.3 is 15.5 Å². The van der Waals surface area contributed by atoms with Crippen LogP contribution in [0.1, 0.15) is 22.8 Å². The van der Waals surface area contributed by atoms with Gasteiger partial charge in [-0.2, -0.15) is 13.2 Å². The first-order valence-electron chi connectivity index (χ1n) is 5.60. The van der Waals surface area contributed by atoms with Crippen LogP contribution < -0.4 is 5.73 Å². The summed E-state index contributed by atoms with van der Waals surface area (Å²) < 4.78 is 43.1. The summed E-state index contributed by atoms with van der Waals surface area (Å²) >= 11 is 3.04. The van der Waals surface area contributed by atoms with Gasteiger partial charge in [0.05, 0.1) is 12.2 Å². The van der Waals surface area contributed by atoms with Crippen LogP contribution in [0.5, 0.6) is 0 Å². The number of benzene rings is 1. The van der Waals surface area contributed by atoms with Gasteiger partial charge in [-0.3, -0.25) is 0 Å². The Hall–Kier alpha value is -1.70. The average Bonchev–Trinajstić information content (AvgIpc) is 2.65. The Morgan fingerprint density at radius 2 is 2.10 bits per heavy atom. The molecule has 0 amide bonds. The minimum absolute atomic E-state index is 0.0292. The average molecular weight is 351 g/mol. The van der Waals surface area contributed by atoms with E-state index in [0.717, 1.165) is 12.1 Å². The van der Waals surface area contributed by atoms with Crippen molar-refractivity contribution in [2.75, 3.05) is 12.3 Å². The van der Waals surface area contributed by atoms with Gasteiger partial charge in [-0.15, -0.1) is 0 Å². The summed E-state index contributed by atoms with van der Waals surface area (Å²) in [6.45, 7) is 1.77. The highest BCUT2D eigenvalue weighted by molar-refractivity contribution is 9.10. The number of alkyl halides is 3. The van der Waals surface area contributed by atoms with E-state index in [-0.39, 0.29) is 33.4 Å². The van der Waals surface area contributed by atoms with Crippen molar-refractivity contribution in [1.82, 2.24) is 4.98 Å². The number of ether oxygens (including phenoxy) is 1. The zero-order chi connectivity index (χ0) is 15.1. The Kier molecular flexibility index (Phi) is 3.68. The molecule has 0 aliphatic heterocycles. The maximum absolute atomic E-state index is 12.7. The van der Waals surface area contributed by atoms with Crippen molar-refractivity contribution in [3.05, 3.63) is 27.7 Å². The molecule has 8 heteroatoms. The molecule has 0 unspecified atom stereocenters. The molecule has 0 radical (unpaired) electrons. The van der Waals surface area contributed by atoms with Gasteiger partial charge in [-0.1, -0.05) is 15.9 Å². The Balaban J connectivity index is 2.69. The van der Waals surface area contributed by atoms with E-state index >= 15 is 0 Å². The monoisotopic (exact) mass is 350 g/mol. The summed E-state index contributed by atoms with van der Waals surface area (Å²) in [5, 5.41) is 0.272. The van der Waals surface area contributed by atoms with Crippen molar-refractivity contribution < 1.29 is 22.7 Å². The molecule has 20 heavy (non-hydrogen) atoms. The molecule has 108 valence electrons. The number of aromatic amines is 1. The van der Waals surface area contributed by atoms with E-state index in [1.165, 1.54) is 0 Å². The minimum Gasteiger partial charge on any atom is -0.462 e. The van der Waals surface area contributed by atoms with Crippen LogP contribution in [0, 0.1) is 0 Å². The number of anilines is 1. The van der Waals surface area contributed by atoms with Crippen molar-refractivity contribution in [3.63, 3.8) is 0 Å². The number of nitrogens with two attached hydrogens (primary N) is 1. The lowest BCUT2D eigenvalue weighted by molar-refractivity contribution is -0.137. The van der Waals surface area contributed by atoms with E-state index in [9.17, 15) is 18.0 Å². The second-order valence-corrected chi connectivity index (χ2v) is 4.87. The molecule has 0 spiro atoms. The standard InChI is InChI=1S/C12H10BrF3N2O2/c1-2-20-11(19)9-8-6(13)3-5(12(14,15)16)4-7(8)18-10(9)17/h3-4,18H,2,17H2,1H3. The maximum atomic E-state index is 12.7. The molecule has 0 fully saturated rings. The van der Waals surface area contributed by atoms with Gasteiger partial charge in [0.25, 0.3) is 0 Å². The number of aromatic nitrogens is 1. The third kappa shape index (κ3) is 2.47. The van der Waals surface area contributed by atoms with Gasteiger partial charge in [-0.25, -0.2) is 4.79 Å². The lowest BCUT2D eigenvalue weighted by atomic mass is 10.1. The van der Waals surface area contributed by atoms with Crippen LogP contribution in [-0.2, 0) is 10.9 Å². The van der Waals surface area contributed by atoms with Crippen LogP contribution in [0.25, 0.3) is 10.9 Å². The lowest BCUT2D eigenvalue weighted by Crippen LogP contribution is -2.07. The minimum atomic E-state index is -4.49. The number of hydrogen-bond donors (Lipinski definition) is 2. The predicted molar refractivity (Wildman–Crippen MR) is 71.4 cm³/mol. The molecule has 4 nitrogen and oxygen atoms in total. The molecule has 0 saturated heterocycles. The number of nitrogens with one attached hydrogen (secondary N) is 1. The fraction of sp³-hybridized carbons (Fsp3) is 0.250. The van der Waals surface area contributed by atoms with E-state index in [1.54, 1.807) is 6.92 Å². The van der Waals surface area contributed by atoms with Crippen LogP contribution >= 0.6 is 15.9 Å². The fourth-order valence-electron chi connectivity index (χ4n) is 1.88. The van der Waals surface area contributed by atoms with Crippen molar-refractivity contribution in [2.24, 2.45) is 0 Å². The van der Waals surface area contributed by atoms with E-state index < -0.39 is 17.7 Å². The molecule has 3 N–H and O–H groups in total. The number of fused-ring (bicyclic) bond motifs is 1. The van der Waals surface area contributed by atoms with Crippen LogP contribution in [0.4, 0.5) is 19.0 Å². The zero-order valence-corrected chi connectivity index (χ0v) is 11.9. The van der Waals surface area contributed by atoms with E-state index in [0.29, 0.717) is 0 Å². The van der Waals surface area contributed by atoms with Gasteiger partial charge in [0, 0.05) is 15.4 Å². The maximum Gasteiger partial charge on any atom is 0.416 e. The number of H-pyrrole nitrogens is 1. The smallest absolute Gasteiger partial charge is 0.416 e. The van der Waals surface area contributed by atoms with Gasteiger partial charge >= 0.3 is 12.1 Å². The number of rotatable bonds is 2. The van der Waals surface area contributed by atoms with Gasteiger partial charge in [0.15, 0.2) is 0 Å². The van der Waals surface area contributed by atoms with Crippen molar-refractivity contribution in [2.45, 2.75) is 13.1 Å². The number of esters is 1. The Labute approximate surface area is 120 Å². The SMILES string of the molecule is CCOC(=O)c1c(N)[nH]c2cc(C(F)(F)F)cc(Br)c12. The summed E-state index contributed by atoms with van der Waals surface area (Å²) in [7, 11) is 0. The largest absolute Gasteiger partial charge is 0.462 e. The molecule has 0 saturated carbocycles. The first-order valence-corrected chi connectivity index (χ1v) is 6.40. The first kappa shape index (κ1) is 14.7. The molecule has 0 aliphatic carbocycles. The second-order valence-electron chi connectivity index (χ2n) is 4.01. The quantitative estimate of drug-likeness (QED) is 0.811. The van der Waals surface area contributed by atoms with Crippen LogP contribution in [-0.4, -0.2) is 17.6 Å². The van der Waals surface area contributed by atoms with Crippen LogP contribution in [0.3, 0.4) is 0 Å². The highest BCUT2D eigenvalue weighted by Crippen LogP contribution is 2.38. The van der Waals surface area contributed by atoms with Crippen LogP contribution in [0.2, 0.25) is 0 Å². The van der Waals surface area contributed by atoms with E-state index in [2.05, 4.69) is 20.9 Å². The van der Waals surface area contributed by atoms with Crippen LogP contribution in [0.15, 0.2) is 16.6 Å². The molecule has 2 aromatic rings. The highest BCUT2D eigenvalue weighted by Gasteiger charge is 2.32. The molecule has 1 aromatic carbocycles. The van der Waals surface area contributed by atoms with Gasteiger partial charge in [0.1, 0.15) is 11.4 Å². The van der Waals surface area contributed by atoms with E-state index in [4.69, 9.17) is 10.5 Å². The summed E-state index contributed by atoms with van der Waals surface area (Å²) in [5.41, 5.74) is 4.96. The van der Waals surface area contributed by atoms with Crippen molar-refractivity contribution >= 4 is 38.6 Å². The van der Waals surface area contributed by atoms with Crippen molar-refractivity contribution in [3.8, 4) is 0 Å². The normalized spacial score (nSPS) is 11.8. The number of carbonyl (C=O) groups is 1. The summed E-state index contributed by atoms with van der Waals surface area (Å²) in [4.78, 5) is 14.4. The summed E-state index contributed by atoms with van der Waals surface area (Å²) in [6, 6.07) is 1.80. The Morgan fingerprint density at radius 3 is 2.65 bits per heavy atom. The summed E-state index contributed by atoms with van der Waals surface area (Å²) in [6.07, 6.45) is -4.49. The second kappa shape index (κ2) is 5.01. The Bertz CT molecular complexity index is 679. The lowest BCUT2D eigenvalue weighted by Gasteiger charge is -2.08. The predicted octanol–water partition coefficient (Wildman–Crippen LogP) is 3.71. The molecule has 1 aromatic heterocycles. The first-order chi connectivity index (χ1) is 9.25. The molecule has 2 rings (SSSR count). The fourth-order valence-corrected chi connectivity index (χ4v) is 2.54. The van der Waals surface area contributed by atoms with Gasteiger partial charge in [0.2, 0.25) is 0 Å². The molecule has 0 bridgehead atoms. The number of carbonyl (C=O) groups excluding carboxylic acids is 1. The van der Waals surface area contributed by atoms with Gasteiger partial charge in [-0.05, 0) is 19.1 Å².